The fourth-order valence-electron chi connectivity index (χ4n) is 3.14. The lowest BCUT2D eigenvalue weighted by Gasteiger charge is -2.09. The van der Waals surface area contributed by atoms with Crippen molar-refractivity contribution in [1.82, 2.24) is 0 Å². The second-order valence-corrected chi connectivity index (χ2v) is 12.0. The van der Waals surface area contributed by atoms with Gasteiger partial charge in [-0.15, -0.1) is 0 Å². The van der Waals surface area contributed by atoms with E-state index < -0.39 is 20.2 Å². The van der Waals surface area contributed by atoms with E-state index in [1.807, 2.05) is 0 Å². The molecule has 192 valence electrons. The van der Waals surface area contributed by atoms with Gasteiger partial charge in [0.1, 0.15) is 21.3 Å². The van der Waals surface area contributed by atoms with E-state index >= 15 is 0 Å². The van der Waals surface area contributed by atoms with Gasteiger partial charge in [-0.05, 0) is 83.9 Å². The Bertz CT molecular complexity index is 1430. The molecule has 0 aliphatic rings. The van der Waals surface area contributed by atoms with Gasteiger partial charge in [0.15, 0.2) is 0 Å². The van der Waals surface area contributed by atoms with Gasteiger partial charge in [0.05, 0.1) is 13.2 Å². The molecule has 0 heterocycles. The zero-order valence-electron chi connectivity index (χ0n) is 19.2. The molecule has 0 spiro atoms. The van der Waals surface area contributed by atoms with Crippen molar-refractivity contribution < 1.29 is 35.4 Å². The van der Waals surface area contributed by atoms with Crippen molar-refractivity contribution in [2.45, 2.75) is 32.8 Å². The number of rotatable bonds is 10. The molecule has 0 atom stereocenters. The van der Waals surface area contributed by atoms with Crippen LogP contribution in [-0.2, 0) is 33.5 Å². The molecule has 0 saturated heterocycles. The number of aliphatic hydroxyl groups is 2. The van der Waals surface area contributed by atoms with Crippen LogP contribution in [0.3, 0.4) is 0 Å². The molecule has 4 aromatic carbocycles. The smallest absolute Gasteiger partial charge is 0.339 e. The standard InChI is InChI=1S/C26H22O8S3/c27-17-19-1-13-25(14-2-19)36(29,30)33-21-5-9-23(10-6-21)35-24-11-7-22(8-12-24)34-37(31,32)26-15-3-20(18-28)4-16-26/h1-16,27-28H,17-18H2. The highest BCUT2D eigenvalue weighted by Crippen LogP contribution is 2.31. The lowest BCUT2D eigenvalue weighted by atomic mass is 10.2. The summed E-state index contributed by atoms with van der Waals surface area (Å²) in [5, 5.41) is 18.2. The van der Waals surface area contributed by atoms with Crippen LogP contribution in [0.25, 0.3) is 0 Å². The van der Waals surface area contributed by atoms with Crippen molar-refractivity contribution >= 4 is 32.0 Å². The number of hydrogen-bond acceptors (Lipinski definition) is 9. The lowest BCUT2D eigenvalue weighted by molar-refractivity contribution is 0.281. The Balaban J connectivity index is 1.37. The molecule has 2 N–H and O–H groups in total. The van der Waals surface area contributed by atoms with Crippen LogP contribution in [0.5, 0.6) is 11.5 Å². The molecule has 0 amide bonds. The van der Waals surface area contributed by atoms with Crippen LogP contribution in [-0.4, -0.2) is 27.0 Å². The lowest BCUT2D eigenvalue weighted by Crippen LogP contribution is -2.09. The zero-order chi connectivity index (χ0) is 26.5. The van der Waals surface area contributed by atoms with Gasteiger partial charge in [-0.2, -0.15) is 16.8 Å². The molecule has 8 nitrogen and oxygen atoms in total. The maximum absolute atomic E-state index is 12.5. The summed E-state index contributed by atoms with van der Waals surface area (Å²) in [6, 6.07) is 24.5. The number of benzene rings is 4. The van der Waals surface area contributed by atoms with Gasteiger partial charge in [0.25, 0.3) is 0 Å². The van der Waals surface area contributed by atoms with Crippen molar-refractivity contribution in [3.05, 3.63) is 108 Å². The largest absolute Gasteiger partial charge is 0.392 e. The van der Waals surface area contributed by atoms with Crippen LogP contribution in [0.4, 0.5) is 0 Å². The van der Waals surface area contributed by atoms with Crippen LogP contribution < -0.4 is 8.37 Å². The molecule has 0 aromatic heterocycles. The summed E-state index contributed by atoms with van der Waals surface area (Å²) < 4.78 is 60.3. The van der Waals surface area contributed by atoms with E-state index in [4.69, 9.17) is 18.6 Å². The van der Waals surface area contributed by atoms with E-state index in [9.17, 15) is 16.8 Å². The van der Waals surface area contributed by atoms with E-state index in [2.05, 4.69) is 0 Å². The maximum atomic E-state index is 12.5. The molecule has 0 saturated carbocycles. The molecular formula is C26H22O8S3. The molecule has 0 aliphatic heterocycles. The fourth-order valence-corrected chi connectivity index (χ4v) is 5.81. The Kier molecular flexibility index (Phi) is 8.20. The highest BCUT2D eigenvalue weighted by molar-refractivity contribution is 7.99. The third-order valence-corrected chi connectivity index (χ3v) is 8.62. The number of hydrogen-bond donors (Lipinski definition) is 2. The summed E-state index contributed by atoms with van der Waals surface area (Å²) in [6.07, 6.45) is 0. The molecule has 4 rings (SSSR count). The molecule has 11 heteroatoms. The Labute approximate surface area is 219 Å². The Morgan fingerprint density at radius 1 is 0.514 bits per heavy atom. The highest BCUT2D eigenvalue weighted by Gasteiger charge is 2.18. The quantitative estimate of drug-likeness (QED) is 0.273. The molecule has 4 aromatic rings. The zero-order valence-corrected chi connectivity index (χ0v) is 21.7. The first kappa shape index (κ1) is 26.7. The van der Waals surface area contributed by atoms with Crippen LogP contribution >= 0.6 is 11.8 Å². The average Bonchev–Trinajstić information content (AvgIpc) is 2.90. The predicted octanol–water partition coefficient (Wildman–Crippen LogP) is 4.36. The fraction of sp³-hybridized carbons (Fsp3) is 0.0769. The first-order valence-corrected chi connectivity index (χ1v) is 14.5. The molecule has 0 unspecified atom stereocenters. The highest BCUT2D eigenvalue weighted by atomic mass is 32.2. The summed E-state index contributed by atoms with van der Waals surface area (Å²) in [4.78, 5) is 1.58. The minimum absolute atomic E-state index is 0.0188. The second-order valence-electron chi connectivity index (χ2n) is 7.72. The molecule has 0 bridgehead atoms. The molecule has 0 fully saturated rings. The normalized spacial score (nSPS) is 11.7. The number of aliphatic hydroxyl groups excluding tert-OH is 2. The molecule has 0 radical (unpaired) electrons. The van der Waals surface area contributed by atoms with Crippen LogP contribution in [0.1, 0.15) is 11.1 Å². The summed E-state index contributed by atoms with van der Waals surface area (Å²) >= 11 is 1.38. The summed E-state index contributed by atoms with van der Waals surface area (Å²) in [6.45, 7) is -0.370. The topological polar surface area (TPSA) is 127 Å². The first-order chi connectivity index (χ1) is 17.7. The maximum Gasteiger partial charge on any atom is 0.339 e. The van der Waals surface area contributed by atoms with E-state index in [1.165, 1.54) is 84.6 Å². The van der Waals surface area contributed by atoms with Crippen molar-refractivity contribution in [2.24, 2.45) is 0 Å². The van der Waals surface area contributed by atoms with Crippen molar-refractivity contribution in [3.8, 4) is 11.5 Å². The van der Waals surface area contributed by atoms with E-state index in [1.54, 1.807) is 24.3 Å². The Morgan fingerprint density at radius 3 is 1.14 bits per heavy atom. The Hall–Kier alpha value is -3.35. The second kappa shape index (κ2) is 11.4. The summed E-state index contributed by atoms with van der Waals surface area (Å²) in [5.41, 5.74) is 1.19. The van der Waals surface area contributed by atoms with Crippen molar-refractivity contribution in [1.29, 1.82) is 0 Å². The van der Waals surface area contributed by atoms with Crippen molar-refractivity contribution in [2.75, 3.05) is 0 Å². The first-order valence-electron chi connectivity index (χ1n) is 10.8. The van der Waals surface area contributed by atoms with Gasteiger partial charge in [0, 0.05) is 9.79 Å². The molecule has 37 heavy (non-hydrogen) atoms. The minimum atomic E-state index is -4.02. The van der Waals surface area contributed by atoms with E-state index in [-0.39, 0.29) is 34.5 Å². The van der Waals surface area contributed by atoms with E-state index in [0.717, 1.165) is 9.79 Å². The minimum Gasteiger partial charge on any atom is -0.392 e. The molecule has 0 aliphatic carbocycles. The van der Waals surface area contributed by atoms with Gasteiger partial charge in [-0.1, -0.05) is 36.0 Å². The average molecular weight is 559 g/mol. The monoisotopic (exact) mass is 558 g/mol. The van der Waals surface area contributed by atoms with Gasteiger partial charge >= 0.3 is 20.2 Å². The molecular weight excluding hydrogens is 536 g/mol. The van der Waals surface area contributed by atoms with Gasteiger partial charge in [-0.25, -0.2) is 0 Å². The SMILES string of the molecule is O=S(=O)(Oc1ccc(Sc2ccc(OS(=O)(=O)c3ccc(CO)cc3)cc2)cc1)c1ccc(CO)cc1. The van der Waals surface area contributed by atoms with Crippen LogP contribution in [0.15, 0.2) is 117 Å². The predicted molar refractivity (Wildman–Crippen MR) is 137 cm³/mol. The Morgan fingerprint density at radius 2 is 0.838 bits per heavy atom. The van der Waals surface area contributed by atoms with Gasteiger partial charge < -0.3 is 18.6 Å². The van der Waals surface area contributed by atoms with Gasteiger partial charge in [0.2, 0.25) is 0 Å². The van der Waals surface area contributed by atoms with Crippen LogP contribution in [0.2, 0.25) is 0 Å². The third-order valence-electron chi connectivity index (χ3n) is 5.08. The van der Waals surface area contributed by atoms with Gasteiger partial charge in [-0.3, -0.25) is 0 Å². The summed E-state index contributed by atoms with van der Waals surface area (Å²) in [7, 11) is -8.03. The van der Waals surface area contributed by atoms with E-state index in [0.29, 0.717) is 11.1 Å². The summed E-state index contributed by atoms with van der Waals surface area (Å²) in [5.74, 6) is 0.299. The van der Waals surface area contributed by atoms with Crippen LogP contribution in [0, 0.1) is 0 Å². The third kappa shape index (κ3) is 6.90. The van der Waals surface area contributed by atoms with Crippen molar-refractivity contribution in [3.63, 3.8) is 0 Å².